The van der Waals surface area contributed by atoms with Crippen LogP contribution in [0.1, 0.15) is 62.9 Å². The van der Waals surface area contributed by atoms with Gasteiger partial charge in [0.05, 0.1) is 17.5 Å². The zero-order valence-corrected chi connectivity index (χ0v) is 18.6. The van der Waals surface area contributed by atoms with Crippen molar-refractivity contribution in [2.45, 2.75) is 53.9 Å². The number of carbonyl (C=O) groups is 1. The smallest absolute Gasteiger partial charge is 0.262 e. The fraction of sp³-hybridized carbons (Fsp3) is 0.458. The van der Waals surface area contributed by atoms with Gasteiger partial charge >= 0.3 is 0 Å². The molecule has 0 saturated heterocycles. The number of fused-ring (bicyclic) bond motifs is 1. The van der Waals surface area contributed by atoms with Gasteiger partial charge in [0, 0.05) is 30.5 Å². The number of rotatable bonds is 2. The molecule has 2 aromatic rings. The summed E-state index contributed by atoms with van der Waals surface area (Å²) < 4.78 is 13.3. The van der Waals surface area contributed by atoms with Crippen molar-refractivity contribution < 1.29 is 9.18 Å². The topological polar surface area (TPSA) is 58.1 Å². The summed E-state index contributed by atoms with van der Waals surface area (Å²) in [6.07, 6.45) is 7.86. The lowest BCUT2D eigenvalue weighted by Gasteiger charge is -2.30. The second-order valence-corrected chi connectivity index (χ2v) is 8.71. The summed E-state index contributed by atoms with van der Waals surface area (Å²) >= 11 is 0. The van der Waals surface area contributed by atoms with Crippen LogP contribution >= 0.6 is 0 Å². The largest absolute Gasteiger partial charge is 0.369 e. The predicted molar refractivity (Wildman–Crippen MR) is 119 cm³/mol. The molecule has 0 bridgehead atoms. The molecule has 0 atom stereocenters. The number of nitrogens with one attached hydrogen (secondary N) is 1. The van der Waals surface area contributed by atoms with Gasteiger partial charge in [0.25, 0.3) is 5.91 Å². The highest BCUT2D eigenvalue weighted by Crippen LogP contribution is 2.33. The summed E-state index contributed by atoms with van der Waals surface area (Å²) in [5, 5.41) is 3.38. The minimum absolute atomic E-state index is 0.0697. The molecule has 1 amide bonds. The van der Waals surface area contributed by atoms with Crippen molar-refractivity contribution in [1.82, 2.24) is 14.9 Å². The molecule has 30 heavy (non-hydrogen) atoms. The summed E-state index contributed by atoms with van der Waals surface area (Å²) in [4.78, 5) is 24.4. The zero-order valence-electron chi connectivity index (χ0n) is 18.6. The van der Waals surface area contributed by atoms with E-state index in [0.717, 1.165) is 42.6 Å². The van der Waals surface area contributed by atoms with Crippen LogP contribution in [-0.2, 0) is 0 Å². The van der Waals surface area contributed by atoms with Crippen molar-refractivity contribution in [2.75, 3.05) is 18.4 Å². The first kappa shape index (κ1) is 21.9. The Morgan fingerprint density at radius 1 is 1.23 bits per heavy atom. The van der Waals surface area contributed by atoms with Gasteiger partial charge in [-0.3, -0.25) is 9.78 Å². The molecule has 0 unspecified atom stereocenters. The summed E-state index contributed by atoms with van der Waals surface area (Å²) in [5.41, 5.74) is 3.75. The quantitative estimate of drug-likeness (QED) is 0.702. The maximum Gasteiger partial charge on any atom is 0.262 e. The van der Waals surface area contributed by atoms with Gasteiger partial charge < -0.3 is 10.2 Å². The third-order valence-corrected chi connectivity index (χ3v) is 5.98. The standard InChI is InChI=1S/C24H31FN4O/c1-6-16(2)29-13-11-24(4,5)10-7-12-26-22-21(23(29)30)17(3)19(15-28-22)20-9-8-18(25)14-27-20/h6,8-9,14-15H,7,10-13H2,1-5H3,(H,26,28)/b16-6+. The van der Waals surface area contributed by atoms with Crippen molar-refractivity contribution in [3.63, 3.8) is 0 Å². The highest BCUT2D eigenvalue weighted by Gasteiger charge is 2.28. The molecule has 0 radical (unpaired) electrons. The average molecular weight is 411 g/mol. The fourth-order valence-corrected chi connectivity index (χ4v) is 3.83. The molecule has 160 valence electrons. The van der Waals surface area contributed by atoms with Gasteiger partial charge in [-0.1, -0.05) is 19.9 Å². The van der Waals surface area contributed by atoms with Gasteiger partial charge in [-0.2, -0.15) is 0 Å². The number of halogens is 1. The van der Waals surface area contributed by atoms with E-state index in [1.807, 2.05) is 31.7 Å². The lowest BCUT2D eigenvalue weighted by atomic mass is 9.84. The van der Waals surface area contributed by atoms with E-state index < -0.39 is 5.82 Å². The Morgan fingerprint density at radius 3 is 2.67 bits per heavy atom. The second-order valence-electron chi connectivity index (χ2n) is 8.71. The van der Waals surface area contributed by atoms with E-state index in [9.17, 15) is 9.18 Å². The highest BCUT2D eigenvalue weighted by molar-refractivity contribution is 6.02. The van der Waals surface area contributed by atoms with Crippen LogP contribution < -0.4 is 5.32 Å². The second kappa shape index (κ2) is 8.94. The van der Waals surface area contributed by atoms with E-state index in [1.54, 1.807) is 12.3 Å². The number of anilines is 1. The molecule has 3 rings (SSSR count). The van der Waals surface area contributed by atoms with Gasteiger partial charge in [-0.25, -0.2) is 9.37 Å². The predicted octanol–water partition coefficient (Wildman–Crippen LogP) is 5.58. The molecule has 0 spiro atoms. The number of hydrogen-bond acceptors (Lipinski definition) is 4. The fourth-order valence-electron chi connectivity index (χ4n) is 3.83. The number of amides is 1. The molecular weight excluding hydrogens is 379 g/mol. The highest BCUT2D eigenvalue weighted by atomic mass is 19.1. The Bertz CT molecular complexity index is 950. The van der Waals surface area contributed by atoms with Crippen LogP contribution in [0.3, 0.4) is 0 Å². The maximum absolute atomic E-state index is 13.8. The Labute approximate surface area is 178 Å². The van der Waals surface area contributed by atoms with E-state index >= 15 is 0 Å². The lowest BCUT2D eigenvalue weighted by Crippen LogP contribution is -2.33. The van der Waals surface area contributed by atoms with Gasteiger partial charge in [0.1, 0.15) is 11.6 Å². The summed E-state index contributed by atoms with van der Waals surface area (Å²) in [7, 11) is 0. The van der Waals surface area contributed by atoms with E-state index in [2.05, 4.69) is 29.1 Å². The molecule has 5 nitrogen and oxygen atoms in total. The normalized spacial score (nSPS) is 17.7. The van der Waals surface area contributed by atoms with Crippen LogP contribution in [-0.4, -0.2) is 33.9 Å². The number of nitrogens with zero attached hydrogens (tertiary/aromatic N) is 3. The SMILES string of the molecule is C/C=C(\C)N1CCC(C)(C)CCCNc2ncc(-c3ccc(F)cn3)c(C)c2C1=O. The maximum atomic E-state index is 13.8. The van der Waals surface area contributed by atoms with Crippen molar-refractivity contribution in [3.8, 4) is 11.3 Å². The monoisotopic (exact) mass is 410 g/mol. The molecule has 0 saturated carbocycles. The number of carbonyl (C=O) groups excluding carboxylic acids is 1. The van der Waals surface area contributed by atoms with Crippen LogP contribution in [0.25, 0.3) is 11.3 Å². The molecule has 1 aliphatic heterocycles. The third kappa shape index (κ3) is 4.69. The molecule has 0 fully saturated rings. The minimum atomic E-state index is -0.394. The molecule has 6 heteroatoms. The van der Waals surface area contributed by atoms with Crippen molar-refractivity contribution >= 4 is 11.7 Å². The lowest BCUT2D eigenvalue weighted by molar-refractivity contribution is 0.0788. The Kier molecular flexibility index (Phi) is 6.54. The number of aromatic nitrogens is 2. The van der Waals surface area contributed by atoms with Crippen LogP contribution in [0, 0.1) is 18.2 Å². The van der Waals surface area contributed by atoms with E-state index in [1.165, 1.54) is 12.3 Å². The first-order valence-corrected chi connectivity index (χ1v) is 10.5. The van der Waals surface area contributed by atoms with Crippen LogP contribution in [0.4, 0.5) is 10.2 Å². The summed E-state index contributed by atoms with van der Waals surface area (Å²) in [6, 6.07) is 2.99. The number of pyridine rings is 2. The van der Waals surface area contributed by atoms with Gasteiger partial charge in [-0.05, 0) is 63.1 Å². The van der Waals surface area contributed by atoms with E-state index in [4.69, 9.17) is 0 Å². The van der Waals surface area contributed by atoms with Crippen LogP contribution in [0.5, 0.6) is 0 Å². The first-order valence-electron chi connectivity index (χ1n) is 10.5. The minimum Gasteiger partial charge on any atom is -0.369 e. The Balaban J connectivity index is 2.12. The van der Waals surface area contributed by atoms with E-state index in [-0.39, 0.29) is 11.3 Å². The average Bonchev–Trinajstić information content (AvgIpc) is 2.73. The summed E-state index contributed by atoms with van der Waals surface area (Å²) in [5.74, 6) is 0.131. The zero-order chi connectivity index (χ0) is 21.9. The Hall–Kier alpha value is -2.76. The summed E-state index contributed by atoms with van der Waals surface area (Å²) in [6.45, 7) is 11.7. The molecule has 3 heterocycles. The molecule has 0 aliphatic carbocycles. The van der Waals surface area contributed by atoms with Crippen LogP contribution in [0.2, 0.25) is 0 Å². The van der Waals surface area contributed by atoms with Crippen molar-refractivity contribution in [3.05, 3.63) is 53.2 Å². The molecule has 0 aromatic carbocycles. The third-order valence-electron chi connectivity index (χ3n) is 5.98. The molecule has 2 aromatic heterocycles. The van der Waals surface area contributed by atoms with E-state index in [0.29, 0.717) is 23.6 Å². The molecule has 1 aliphatic rings. The van der Waals surface area contributed by atoms with Gasteiger partial charge in [-0.15, -0.1) is 0 Å². The van der Waals surface area contributed by atoms with Gasteiger partial charge in [0.2, 0.25) is 0 Å². The number of allylic oxidation sites excluding steroid dienone is 2. The van der Waals surface area contributed by atoms with Crippen molar-refractivity contribution in [1.29, 1.82) is 0 Å². The van der Waals surface area contributed by atoms with Crippen molar-refractivity contribution in [2.24, 2.45) is 5.41 Å². The molecule has 1 N–H and O–H groups in total. The van der Waals surface area contributed by atoms with Gasteiger partial charge in [0.15, 0.2) is 0 Å². The first-order chi connectivity index (χ1) is 14.2. The number of hydrogen-bond donors (Lipinski definition) is 1. The van der Waals surface area contributed by atoms with Crippen LogP contribution in [0.15, 0.2) is 36.3 Å². The molecular formula is C24H31FN4O. The Morgan fingerprint density at radius 2 is 2.00 bits per heavy atom.